The number of hydrogen-bond donors (Lipinski definition) is 0. The van der Waals surface area contributed by atoms with Crippen molar-refractivity contribution >= 4 is 19.8 Å². The first-order valence-electron chi connectivity index (χ1n) is 20.9. The summed E-state index contributed by atoms with van der Waals surface area (Å²) in [5.74, 6) is -0.838. The van der Waals surface area contributed by atoms with Gasteiger partial charge in [-0.3, -0.25) is 14.2 Å². The highest BCUT2D eigenvalue weighted by molar-refractivity contribution is 7.45. The van der Waals surface area contributed by atoms with E-state index in [1.165, 1.54) is 103 Å². The Hall–Kier alpha value is -1.25. The molecule has 0 bridgehead atoms. The third-order valence-electron chi connectivity index (χ3n) is 9.04. The van der Waals surface area contributed by atoms with Gasteiger partial charge in [0.1, 0.15) is 19.8 Å². The number of esters is 2. The first-order chi connectivity index (χ1) is 24.5. The van der Waals surface area contributed by atoms with Crippen molar-refractivity contribution in [1.82, 2.24) is 0 Å². The minimum atomic E-state index is -4.62. The van der Waals surface area contributed by atoms with Crippen LogP contribution in [0.4, 0.5) is 0 Å². The molecule has 0 aromatic heterocycles. The molecule has 0 aliphatic carbocycles. The summed E-state index contributed by atoms with van der Waals surface area (Å²) in [5.41, 5.74) is 0. The maximum absolute atomic E-state index is 12.6. The third kappa shape index (κ3) is 38.3. The van der Waals surface area contributed by atoms with Gasteiger partial charge in [0.25, 0.3) is 7.82 Å². The molecule has 0 amide bonds. The number of carbonyl (C=O) groups excluding carboxylic acids is 2. The van der Waals surface area contributed by atoms with Gasteiger partial charge in [0.2, 0.25) is 0 Å². The lowest BCUT2D eigenvalue weighted by molar-refractivity contribution is -0.870. The van der Waals surface area contributed by atoms with Crippen LogP contribution in [0.2, 0.25) is 0 Å². The Kier molecular flexibility index (Phi) is 33.7. The number of allylic oxidation sites excluding steroid dienone is 2. The van der Waals surface area contributed by atoms with Crippen molar-refractivity contribution in [2.75, 3.05) is 47.5 Å². The van der Waals surface area contributed by atoms with Gasteiger partial charge in [0.15, 0.2) is 6.10 Å². The van der Waals surface area contributed by atoms with Crippen LogP contribution in [0.3, 0.4) is 0 Å². The molecular formula is C41H80NO8P. The first-order valence-corrected chi connectivity index (χ1v) is 22.4. The second-order valence-corrected chi connectivity index (χ2v) is 16.8. The first kappa shape index (κ1) is 49.8. The predicted octanol–water partition coefficient (Wildman–Crippen LogP) is 10.8. The monoisotopic (exact) mass is 746 g/mol. The molecule has 0 N–H and O–H groups in total. The van der Waals surface area contributed by atoms with Crippen LogP contribution in [0.15, 0.2) is 12.2 Å². The fourth-order valence-corrected chi connectivity index (χ4v) is 6.44. The third-order valence-corrected chi connectivity index (χ3v) is 10.00. The molecule has 2 atom stereocenters. The Balaban J connectivity index is 4.38. The summed E-state index contributed by atoms with van der Waals surface area (Å²) in [7, 11) is 1.17. The number of ether oxygens (including phenoxy) is 2. The molecule has 0 aliphatic heterocycles. The number of likely N-dealkylation sites (N-methyl/N-ethyl adjacent to an activating group) is 1. The van der Waals surface area contributed by atoms with Crippen LogP contribution >= 0.6 is 7.82 Å². The molecule has 0 fully saturated rings. The number of phosphoric acid groups is 1. The van der Waals surface area contributed by atoms with Crippen molar-refractivity contribution in [1.29, 1.82) is 0 Å². The maximum Gasteiger partial charge on any atom is 0.306 e. The molecule has 0 aromatic carbocycles. The maximum atomic E-state index is 12.6. The molecule has 0 saturated carbocycles. The van der Waals surface area contributed by atoms with E-state index in [-0.39, 0.29) is 26.1 Å². The molecule has 0 aromatic rings. The molecule has 0 aliphatic rings. The van der Waals surface area contributed by atoms with Gasteiger partial charge in [-0.15, -0.1) is 0 Å². The normalized spacial score (nSPS) is 13.8. The number of nitrogens with zero attached hydrogens (tertiary/aromatic N) is 1. The lowest BCUT2D eigenvalue weighted by atomic mass is 10.0. The molecule has 0 rings (SSSR count). The average Bonchev–Trinajstić information content (AvgIpc) is 3.07. The highest BCUT2D eigenvalue weighted by Crippen LogP contribution is 2.38. The SMILES string of the molecule is CCCCCC/C=C/CCCCCCCC(=O)OC[C@H](COP(=O)([O-])OCC[N+](C)(C)C)OC(=O)CCCCCCCCCCCCCCCC. The summed E-state index contributed by atoms with van der Waals surface area (Å²) in [6, 6.07) is 0. The number of hydrogen-bond acceptors (Lipinski definition) is 8. The van der Waals surface area contributed by atoms with Crippen LogP contribution in [0.25, 0.3) is 0 Å². The van der Waals surface area contributed by atoms with Gasteiger partial charge in [0, 0.05) is 12.8 Å². The fraction of sp³-hybridized carbons (Fsp3) is 0.902. The minimum Gasteiger partial charge on any atom is -0.756 e. The molecule has 9 nitrogen and oxygen atoms in total. The highest BCUT2D eigenvalue weighted by atomic mass is 31.2. The smallest absolute Gasteiger partial charge is 0.306 e. The van der Waals surface area contributed by atoms with Crippen LogP contribution < -0.4 is 4.89 Å². The molecule has 10 heteroatoms. The summed E-state index contributed by atoms with van der Waals surface area (Å²) in [5, 5.41) is 0. The van der Waals surface area contributed by atoms with Gasteiger partial charge in [-0.2, -0.15) is 0 Å². The summed E-state index contributed by atoms with van der Waals surface area (Å²) >= 11 is 0. The van der Waals surface area contributed by atoms with Gasteiger partial charge in [-0.1, -0.05) is 148 Å². The van der Waals surface area contributed by atoms with Crippen LogP contribution in [-0.2, 0) is 32.7 Å². The van der Waals surface area contributed by atoms with Crippen LogP contribution in [0, 0.1) is 0 Å². The zero-order chi connectivity index (χ0) is 37.9. The minimum absolute atomic E-state index is 0.0291. The predicted molar refractivity (Wildman–Crippen MR) is 208 cm³/mol. The van der Waals surface area contributed by atoms with Crippen molar-refractivity contribution in [2.24, 2.45) is 0 Å². The summed E-state index contributed by atoms with van der Waals surface area (Å²) in [6.07, 6.45) is 33.7. The number of rotatable bonds is 38. The zero-order valence-corrected chi connectivity index (χ0v) is 34.7. The number of carbonyl (C=O) groups is 2. The second kappa shape index (κ2) is 34.5. The van der Waals surface area contributed by atoms with Crippen molar-refractivity contribution in [3.8, 4) is 0 Å². The van der Waals surface area contributed by atoms with E-state index in [1.807, 2.05) is 21.1 Å². The molecular weight excluding hydrogens is 665 g/mol. The lowest BCUT2D eigenvalue weighted by Gasteiger charge is -2.28. The van der Waals surface area contributed by atoms with E-state index in [0.29, 0.717) is 17.4 Å². The molecule has 0 spiro atoms. The van der Waals surface area contributed by atoms with E-state index in [1.54, 1.807) is 0 Å². The van der Waals surface area contributed by atoms with Gasteiger partial charge in [-0.05, 0) is 38.5 Å². The molecule has 0 heterocycles. The van der Waals surface area contributed by atoms with Crippen molar-refractivity contribution in [3.05, 3.63) is 12.2 Å². The second-order valence-electron chi connectivity index (χ2n) is 15.4. The topological polar surface area (TPSA) is 111 Å². The molecule has 302 valence electrons. The Morgan fingerprint density at radius 3 is 1.47 bits per heavy atom. The summed E-state index contributed by atoms with van der Waals surface area (Å²) in [4.78, 5) is 37.4. The lowest BCUT2D eigenvalue weighted by Crippen LogP contribution is -2.37. The molecule has 0 radical (unpaired) electrons. The zero-order valence-electron chi connectivity index (χ0n) is 33.8. The van der Waals surface area contributed by atoms with E-state index in [4.69, 9.17) is 18.5 Å². The Morgan fingerprint density at radius 1 is 0.588 bits per heavy atom. The van der Waals surface area contributed by atoms with Gasteiger partial charge in [0.05, 0.1) is 27.7 Å². The fourth-order valence-electron chi connectivity index (χ4n) is 5.71. The van der Waals surface area contributed by atoms with E-state index >= 15 is 0 Å². The number of unbranched alkanes of at least 4 members (excludes halogenated alkanes) is 22. The van der Waals surface area contributed by atoms with Crippen LogP contribution in [-0.4, -0.2) is 70.0 Å². The Bertz CT molecular complexity index is 891. The van der Waals surface area contributed by atoms with Gasteiger partial charge < -0.3 is 27.9 Å². The Labute approximate surface area is 314 Å². The number of quaternary nitrogens is 1. The van der Waals surface area contributed by atoms with E-state index in [0.717, 1.165) is 51.4 Å². The molecule has 1 unspecified atom stereocenters. The van der Waals surface area contributed by atoms with Crippen LogP contribution in [0.1, 0.15) is 187 Å². The van der Waals surface area contributed by atoms with Crippen molar-refractivity contribution < 1.29 is 42.1 Å². The van der Waals surface area contributed by atoms with Gasteiger partial charge in [-0.25, -0.2) is 0 Å². The van der Waals surface area contributed by atoms with E-state index < -0.39 is 32.5 Å². The van der Waals surface area contributed by atoms with Crippen molar-refractivity contribution in [3.63, 3.8) is 0 Å². The van der Waals surface area contributed by atoms with E-state index in [2.05, 4.69) is 26.0 Å². The highest BCUT2D eigenvalue weighted by Gasteiger charge is 2.21. The van der Waals surface area contributed by atoms with Crippen molar-refractivity contribution in [2.45, 2.75) is 193 Å². The standard InChI is InChI=1S/C41H80NO8P/c1-6-8-10-12-14-16-18-20-22-24-26-28-30-32-34-41(44)50-39(38-49-51(45,46)48-36-35-42(3,4)5)37-47-40(43)33-31-29-27-25-23-21-19-17-15-13-11-9-7-2/h17,19,39H,6-16,18,20-38H2,1-5H3/b19-17+/t39-/m1/s1. The summed E-state index contributed by atoms with van der Waals surface area (Å²) in [6.45, 7) is 4.21. The summed E-state index contributed by atoms with van der Waals surface area (Å²) < 4.78 is 33.8. The molecule has 0 saturated heterocycles. The largest absolute Gasteiger partial charge is 0.756 e. The quantitative estimate of drug-likeness (QED) is 0.0202. The Morgan fingerprint density at radius 2 is 1.00 bits per heavy atom. The van der Waals surface area contributed by atoms with E-state index in [9.17, 15) is 19.0 Å². The molecule has 51 heavy (non-hydrogen) atoms. The number of phosphoric ester groups is 1. The van der Waals surface area contributed by atoms with Gasteiger partial charge >= 0.3 is 11.9 Å². The van der Waals surface area contributed by atoms with Crippen LogP contribution in [0.5, 0.6) is 0 Å². The average molecular weight is 746 g/mol.